The van der Waals surface area contributed by atoms with Crippen LogP contribution in [0.2, 0.25) is 0 Å². The second-order valence-corrected chi connectivity index (χ2v) is 6.49. The minimum Gasteiger partial charge on any atom is -0.467 e. The molecule has 1 amide bonds. The number of aromatic nitrogens is 2. The molecule has 3 heterocycles. The molecule has 1 aliphatic rings. The molecule has 3 rings (SSSR count). The second-order valence-electron chi connectivity index (χ2n) is 6.49. The van der Waals surface area contributed by atoms with E-state index in [2.05, 4.69) is 25.7 Å². The van der Waals surface area contributed by atoms with E-state index >= 15 is 0 Å². The van der Waals surface area contributed by atoms with Crippen LogP contribution in [0.5, 0.6) is 0 Å². The Morgan fingerprint density at radius 1 is 1.52 bits per heavy atom. The van der Waals surface area contributed by atoms with Gasteiger partial charge in [-0.3, -0.25) is 9.69 Å². The number of aryl methyl sites for hydroxylation is 1. The largest absolute Gasteiger partial charge is 0.467 e. The Balaban J connectivity index is 1.40. The van der Waals surface area contributed by atoms with Crippen molar-refractivity contribution in [1.82, 2.24) is 25.7 Å². The van der Waals surface area contributed by atoms with Crippen LogP contribution in [-0.4, -0.2) is 46.6 Å². The number of likely N-dealkylation sites (tertiary alicyclic amines) is 1. The highest BCUT2D eigenvalue weighted by Gasteiger charge is 2.22. The number of carbonyl (C=O) groups excluding carboxylic acids is 1. The van der Waals surface area contributed by atoms with Crippen molar-refractivity contribution in [3.63, 3.8) is 0 Å². The van der Waals surface area contributed by atoms with E-state index in [0.29, 0.717) is 24.8 Å². The summed E-state index contributed by atoms with van der Waals surface area (Å²) < 4.78 is 10.3. The summed E-state index contributed by atoms with van der Waals surface area (Å²) in [4.78, 5) is 18.6. The molecule has 2 N–H and O–H groups in total. The van der Waals surface area contributed by atoms with E-state index in [1.54, 1.807) is 13.2 Å². The van der Waals surface area contributed by atoms with Crippen LogP contribution in [-0.2, 0) is 11.3 Å². The second kappa shape index (κ2) is 8.26. The van der Waals surface area contributed by atoms with Gasteiger partial charge in [0.2, 0.25) is 11.8 Å². The summed E-state index contributed by atoms with van der Waals surface area (Å²) in [5, 5.41) is 10.2. The lowest BCUT2D eigenvalue weighted by molar-refractivity contribution is -0.121. The Morgan fingerprint density at radius 3 is 3.12 bits per heavy atom. The normalized spacial score (nSPS) is 19.7. The van der Waals surface area contributed by atoms with Crippen molar-refractivity contribution in [2.75, 3.05) is 19.6 Å². The summed E-state index contributed by atoms with van der Waals surface area (Å²) in [5.74, 6) is 2.02. The van der Waals surface area contributed by atoms with Crippen LogP contribution < -0.4 is 10.6 Å². The Bertz CT molecular complexity index is 670. The highest BCUT2D eigenvalue weighted by atomic mass is 16.5. The van der Waals surface area contributed by atoms with E-state index in [1.165, 1.54) is 0 Å². The van der Waals surface area contributed by atoms with Crippen LogP contribution >= 0.6 is 0 Å². The predicted octanol–water partition coefficient (Wildman–Crippen LogP) is 1.40. The Hall–Kier alpha value is -2.19. The SMILES string of the molecule is Cc1nc(CN2CCC[C@@H](NCC(=O)N[C@H](C)c3ccco3)C2)no1. The van der Waals surface area contributed by atoms with Crippen LogP contribution in [0.3, 0.4) is 0 Å². The fourth-order valence-electron chi connectivity index (χ4n) is 3.11. The number of furan rings is 1. The smallest absolute Gasteiger partial charge is 0.234 e. The lowest BCUT2D eigenvalue weighted by atomic mass is 10.1. The van der Waals surface area contributed by atoms with E-state index in [4.69, 9.17) is 8.94 Å². The van der Waals surface area contributed by atoms with Gasteiger partial charge in [0, 0.05) is 19.5 Å². The minimum atomic E-state index is -0.131. The van der Waals surface area contributed by atoms with Crippen LogP contribution in [0.15, 0.2) is 27.3 Å². The predicted molar refractivity (Wildman–Crippen MR) is 90.6 cm³/mol. The van der Waals surface area contributed by atoms with Gasteiger partial charge >= 0.3 is 0 Å². The molecule has 1 saturated heterocycles. The molecule has 0 saturated carbocycles. The number of rotatable bonds is 7. The summed E-state index contributed by atoms with van der Waals surface area (Å²) in [6.07, 6.45) is 3.75. The van der Waals surface area contributed by atoms with Crippen molar-refractivity contribution in [3.05, 3.63) is 35.9 Å². The molecule has 0 aliphatic carbocycles. The van der Waals surface area contributed by atoms with Gasteiger partial charge in [-0.15, -0.1) is 0 Å². The van der Waals surface area contributed by atoms with Gasteiger partial charge in [-0.2, -0.15) is 4.98 Å². The van der Waals surface area contributed by atoms with Gasteiger partial charge in [0.1, 0.15) is 5.76 Å². The topological polar surface area (TPSA) is 96.4 Å². The lowest BCUT2D eigenvalue weighted by Gasteiger charge is -2.32. The first-order chi connectivity index (χ1) is 12.1. The molecule has 2 atom stereocenters. The molecule has 0 radical (unpaired) electrons. The van der Waals surface area contributed by atoms with Crippen LogP contribution in [0.4, 0.5) is 0 Å². The van der Waals surface area contributed by atoms with Crippen LogP contribution in [0, 0.1) is 6.92 Å². The van der Waals surface area contributed by atoms with Gasteiger partial charge < -0.3 is 19.6 Å². The Kier molecular flexibility index (Phi) is 5.83. The number of hydrogen-bond acceptors (Lipinski definition) is 7. The van der Waals surface area contributed by atoms with Crippen molar-refractivity contribution in [1.29, 1.82) is 0 Å². The third kappa shape index (κ3) is 5.14. The lowest BCUT2D eigenvalue weighted by Crippen LogP contribution is -2.48. The molecule has 2 aromatic rings. The third-order valence-corrected chi connectivity index (χ3v) is 4.34. The number of carbonyl (C=O) groups is 1. The first-order valence-electron chi connectivity index (χ1n) is 8.68. The van der Waals surface area contributed by atoms with Crippen molar-refractivity contribution in [3.8, 4) is 0 Å². The minimum absolute atomic E-state index is 0.0326. The Labute approximate surface area is 146 Å². The summed E-state index contributed by atoms with van der Waals surface area (Å²) in [6.45, 7) is 6.55. The maximum absolute atomic E-state index is 12.1. The first kappa shape index (κ1) is 17.6. The zero-order valence-corrected chi connectivity index (χ0v) is 14.7. The van der Waals surface area contributed by atoms with Crippen LogP contribution in [0.25, 0.3) is 0 Å². The number of amides is 1. The summed E-state index contributed by atoms with van der Waals surface area (Å²) in [5.41, 5.74) is 0. The average Bonchev–Trinajstić information content (AvgIpc) is 3.25. The molecular weight excluding hydrogens is 322 g/mol. The quantitative estimate of drug-likeness (QED) is 0.781. The fourth-order valence-corrected chi connectivity index (χ4v) is 3.11. The molecular formula is C17H25N5O3. The summed E-state index contributed by atoms with van der Waals surface area (Å²) >= 11 is 0. The highest BCUT2D eigenvalue weighted by molar-refractivity contribution is 5.78. The van der Waals surface area contributed by atoms with E-state index in [1.807, 2.05) is 19.1 Å². The molecule has 1 fully saturated rings. The van der Waals surface area contributed by atoms with Gasteiger partial charge in [0.15, 0.2) is 5.82 Å². The Morgan fingerprint density at radius 2 is 2.40 bits per heavy atom. The molecule has 0 unspecified atom stereocenters. The van der Waals surface area contributed by atoms with E-state index < -0.39 is 0 Å². The third-order valence-electron chi connectivity index (χ3n) is 4.34. The maximum atomic E-state index is 12.1. The fraction of sp³-hybridized carbons (Fsp3) is 0.588. The molecule has 25 heavy (non-hydrogen) atoms. The number of hydrogen-bond donors (Lipinski definition) is 2. The average molecular weight is 347 g/mol. The zero-order chi connectivity index (χ0) is 17.6. The van der Waals surface area contributed by atoms with Crippen molar-refractivity contribution in [2.24, 2.45) is 0 Å². The molecule has 2 aromatic heterocycles. The standard InChI is InChI=1S/C17H25N5O3/c1-12(15-6-4-8-24-15)19-17(23)9-18-14-5-3-7-22(10-14)11-16-20-13(2)25-21-16/h4,6,8,12,14,18H,3,5,7,9-11H2,1-2H3,(H,19,23)/t12-,14-/m1/s1. The monoisotopic (exact) mass is 347 g/mol. The van der Waals surface area contributed by atoms with E-state index in [9.17, 15) is 4.79 Å². The number of nitrogens with zero attached hydrogens (tertiary/aromatic N) is 3. The van der Waals surface area contributed by atoms with Gasteiger partial charge in [-0.1, -0.05) is 5.16 Å². The summed E-state index contributed by atoms with van der Waals surface area (Å²) in [6, 6.07) is 3.83. The molecule has 136 valence electrons. The number of nitrogens with one attached hydrogen (secondary N) is 2. The van der Waals surface area contributed by atoms with Gasteiger partial charge in [-0.05, 0) is 38.4 Å². The molecule has 1 aliphatic heterocycles. The van der Waals surface area contributed by atoms with Crippen molar-refractivity contribution >= 4 is 5.91 Å². The summed E-state index contributed by atoms with van der Waals surface area (Å²) in [7, 11) is 0. The van der Waals surface area contributed by atoms with Crippen molar-refractivity contribution < 1.29 is 13.7 Å². The van der Waals surface area contributed by atoms with Gasteiger partial charge in [-0.25, -0.2) is 0 Å². The molecule has 0 spiro atoms. The molecule has 0 bridgehead atoms. The zero-order valence-electron chi connectivity index (χ0n) is 14.7. The molecule has 0 aromatic carbocycles. The van der Waals surface area contributed by atoms with E-state index in [0.717, 1.165) is 31.7 Å². The maximum Gasteiger partial charge on any atom is 0.234 e. The van der Waals surface area contributed by atoms with Crippen molar-refractivity contribution in [2.45, 2.75) is 45.3 Å². The van der Waals surface area contributed by atoms with Crippen LogP contribution in [0.1, 0.15) is 43.3 Å². The molecule has 8 nitrogen and oxygen atoms in total. The highest BCUT2D eigenvalue weighted by Crippen LogP contribution is 2.13. The first-order valence-corrected chi connectivity index (χ1v) is 8.68. The van der Waals surface area contributed by atoms with Gasteiger partial charge in [0.05, 0.1) is 25.4 Å². The van der Waals surface area contributed by atoms with Gasteiger partial charge in [0.25, 0.3) is 0 Å². The number of piperidine rings is 1. The molecule has 8 heteroatoms. The van der Waals surface area contributed by atoms with E-state index in [-0.39, 0.29) is 18.0 Å².